The van der Waals surface area contributed by atoms with Crippen molar-refractivity contribution in [1.82, 2.24) is 4.98 Å². The number of benzene rings is 2. The number of ether oxygens (including phenoxy) is 1. The molecule has 0 amide bonds. The zero-order valence-electron chi connectivity index (χ0n) is 20.6. The number of hydrogen-bond acceptors (Lipinski definition) is 11. The van der Waals surface area contributed by atoms with Crippen LogP contribution >= 0.6 is 0 Å². The van der Waals surface area contributed by atoms with Crippen LogP contribution in [0.3, 0.4) is 0 Å². The van der Waals surface area contributed by atoms with E-state index in [-0.39, 0.29) is 34.3 Å². The van der Waals surface area contributed by atoms with E-state index in [0.29, 0.717) is 12.4 Å². The minimum Gasteiger partial charge on any atom is -0.744 e. The van der Waals surface area contributed by atoms with Crippen LogP contribution < -0.4 is 26.9 Å². The maximum Gasteiger partial charge on any atom is 0.442 e. The quantitative estimate of drug-likeness (QED) is 0.256. The third kappa shape index (κ3) is 6.20. The fourth-order valence-corrected chi connectivity index (χ4v) is 4.09. The lowest BCUT2D eigenvalue weighted by Crippen LogP contribution is -2.43. The summed E-state index contributed by atoms with van der Waals surface area (Å²) in [6, 6.07) is 10.1. The standard InChI is InChI=1S/C16H14F3N7O3.C7H8O3S/c17-16(18,19)15(25-26-15)8-3-1-7(2-4-8)13(28)29-6-9-5-21-11-10(22-9)12(27)24-14(20)23-11;1-6-2-4-7(5-3-6)11(8,9)10/h1-4,9,22H,5-6H2,(H4,20,21,23,24,27);2-5H,1H3,(H,8,9,10). The zero-order valence-corrected chi connectivity index (χ0v) is 21.4. The van der Waals surface area contributed by atoms with Gasteiger partial charge in [-0.1, -0.05) is 29.8 Å². The molecule has 13 nitrogen and oxygen atoms in total. The molecule has 0 saturated heterocycles. The highest BCUT2D eigenvalue weighted by molar-refractivity contribution is 7.85. The van der Waals surface area contributed by atoms with Gasteiger partial charge in [-0.3, -0.25) is 4.79 Å². The number of esters is 1. The number of H-pyrrole nitrogens is 2. The van der Waals surface area contributed by atoms with Gasteiger partial charge >= 0.3 is 29.3 Å². The van der Waals surface area contributed by atoms with Gasteiger partial charge in [-0.15, -0.1) is 10.2 Å². The van der Waals surface area contributed by atoms with E-state index in [9.17, 15) is 35.7 Å². The molecule has 0 aliphatic carbocycles. The summed E-state index contributed by atoms with van der Waals surface area (Å²) in [4.78, 5) is 29.1. The summed E-state index contributed by atoms with van der Waals surface area (Å²) < 4.78 is 75.4. The summed E-state index contributed by atoms with van der Waals surface area (Å²) in [5.41, 5.74) is 3.61. The van der Waals surface area contributed by atoms with Crippen LogP contribution in [-0.4, -0.2) is 49.3 Å². The molecule has 0 radical (unpaired) electrons. The first kappa shape index (κ1) is 28.5. The van der Waals surface area contributed by atoms with E-state index >= 15 is 0 Å². The molecule has 1 atom stereocenters. The Labute approximate surface area is 224 Å². The molecular weight excluding hydrogens is 559 g/mol. The number of aromatic nitrogens is 2. The Morgan fingerprint density at radius 3 is 2.35 bits per heavy atom. The predicted molar refractivity (Wildman–Crippen MR) is 132 cm³/mol. The van der Waals surface area contributed by atoms with Crippen molar-refractivity contribution >= 4 is 33.5 Å². The van der Waals surface area contributed by atoms with Gasteiger partial charge in [0.2, 0.25) is 5.82 Å². The Kier molecular flexibility index (Phi) is 7.53. The average molecular weight is 582 g/mol. The summed E-state index contributed by atoms with van der Waals surface area (Å²) in [5.74, 6) is -0.206. The molecule has 17 heteroatoms. The van der Waals surface area contributed by atoms with Gasteiger partial charge in [0.05, 0.1) is 23.0 Å². The highest BCUT2D eigenvalue weighted by Crippen LogP contribution is 2.52. The summed E-state index contributed by atoms with van der Waals surface area (Å²) in [6.45, 7) is 2.09. The van der Waals surface area contributed by atoms with Crippen LogP contribution in [0.2, 0.25) is 0 Å². The van der Waals surface area contributed by atoms with Gasteiger partial charge in [0, 0.05) is 5.56 Å². The average Bonchev–Trinajstić information content (AvgIpc) is 3.70. The monoisotopic (exact) mass is 581 g/mol. The second kappa shape index (κ2) is 10.6. The molecule has 0 bridgehead atoms. The number of rotatable bonds is 5. The van der Waals surface area contributed by atoms with Gasteiger partial charge in [0.25, 0.3) is 0 Å². The molecule has 1 aromatic heterocycles. The molecule has 212 valence electrons. The van der Waals surface area contributed by atoms with Crippen molar-refractivity contribution in [2.75, 3.05) is 29.5 Å². The Hall–Kier alpha value is -4.51. The van der Waals surface area contributed by atoms with E-state index in [1.807, 2.05) is 6.92 Å². The van der Waals surface area contributed by atoms with Crippen molar-refractivity contribution in [3.63, 3.8) is 0 Å². The summed E-state index contributed by atoms with van der Waals surface area (Å²) in [6.07, 6.45) is -4.63. The summed E-state index contributed by atoms with van der Waals surface area (Å²) in [7, 11) is -4.27. The van der Waals surface area contributed by atoms with E-state index in [2.05, 4.69) is 30.8 Å². The van der Waals surface area contributed by atoms with Crippen molar-refractivity contribution in [3.05, 3.63) is 75.6 Å². The Morgan fingerprint density at radius 2 is 1.80 bits per heavy atom. The smallest absolute Gasteiger partial charge is 0.442 e. The van der Waals surface area contributed by atoms with Crippen molar-refractivity contribution in [2.45, 2.75) is 29.7 Å². The fourth-order valence-electron chi connectivity index (χ4n) is 3.62. The lowest BCUT2D eigenvalue weighted by atomic mass is 10.0. The molecule has 0 saturated carbocycles. The number of aromatic amines is 2. The summed E-state index contributed by atoms with van der Waals surface area (Å²) >= 11 is 0. The van der Waals surface area contributed by atoms with Gasteiger partial charge in [-0.05, 0) is 31.2 Å². The number of alkyl halides is 3. The second-order valence-electron chi connectivity index (χ2n) is 8.78. The number of aryl methyl sites for hydroxylation is 1. The van der Waals surface area contributed by atoms with Crippen LogP contribution in [-0.2, 0) is 20.5 Å². The Balaban J connectivity index is 0.000000283. The number of nitrogens with zero attached hydrogens (tertiary/aromatic N) is 2. The van der Waals surface area contributed by atoms with Gasteiger partial charge in [0.1, 0.15) is 16.7 Å². The van der Waals surface area contributed by atoms with Gasteiger partial charge < -0.3 is 25.7 Å². The van der Waals surface area contributed by atoms with Crippen molar-refractivity contribution in [1.29, 1.82) is 0 Å². The highest BCUT2D eigenvalue weighted by atomic mass is 32.2. The molecule has 2 aliphatic rings. The van der Waals surface area contributed by atoms with Crippen LogP contribution in [0.5, 0.6) is 0 Å². The number of nitrogens with two attached hydrogens (primary N) is 1. The molecular formula is C23H22F3N7O6S. The van der Waals surface area contributed by atoms with Gasteiger partial charge in [-0.25, -0.2) is 23.2 Å². The molecule has 2 aliphatic heterocycles. The first-order valence-corrected chi connectivity index (χ1v) is 12.9. The number of hydrogen-bond donors (Lipinski definition) is 4. The van der Waals surface area contributed by atoms with Crippen LogP contribution in [0.25, 0.3) is 0 Å². The predicted octanol–water partition coefficient (Wildman–Crippen LogP) is 1.91. The largest absolute Gasteiger partial charge is 0.744 e. The first-order valence-electron chi connectivity index (χ1n) is 11.5. The second-order valence-corrected chi connectivity index (χ2v) is 10.2. The van der Waals surface area contributed by atoms with Crippen molar-refractivity contribution in [2.24, 2.45) is 10.2 Å². The number of halogens is 3. The molecule has 3 heterocycles. The molecule has 6 N–H and O–H groups in total. The number of carbonyl (C=O) groups is 1. The van der Waals surface area contributed by atoms with Crippen molar-refractivity contribution in [3.8, 4) is 0 Å². The highest BCUT2D eigenvalue weighted by Gasteiger charge is 2.65. The number of fused-ring (bicyclic) bond motifs is 1. The molecule has 0 fully saturated rings. The maximum absolute atomic E-state index is 13.0. The number of nitrogen functional groups attached to an aromatic ring is 1. The van der Waals surface area contributed by atoms with E-state index in [1.165, 1.54) is 24.3 Å². The first-order chi connectivity index (χ1) is 18.7. The minimum absolute atomic E-state index is 0.0754. The van der Waals surface area contributed by atoms with Crippen LogP contribution in [0.4, 0.5) is 30.6 Å². The number of nitrogens with one attached hydrogen (secondary N) is 4. The van der Waals surface area contributed by atoms with Crippen LogP contribution in [0, 0.1) is 6.92 Å². The van der Waals surface area contributed by atoms with Gasteiger partial charge in [-0.2, -0.15) is 13.2 Å². The fraction of sp³-hybridized carbons (Fsp3) is 0.261. The lowest BCUT2D eigenvalue weighted by molar-refractivity contribution is -0.347. The maximum atomic E-state index is 13.0. The molecule has 2 aromatic carbocycles. The topological polar surface area (TPSA) is 205 Å². The Morgan fingerprint density at radius 1 is 1.18 bits per heavy atom. The zero-order chi connectivity index (χ0) is 29.3. The van der Waals surface area contributed by atoms with Crippen LogP contribution in [0.1, 0.15) is 21.5 Å². The van der Waals surface area contributed by atoms with E-state index < -0.39 is 39.5 Å². The van der Waals surface area contributed by atoms with Crippen LogP contribution in [0.15, 0.2) is 68.4 Å². The molecule has 1 unspecified atom stereocenters. The van der Waals surface area contributed by atoms with Gasteiger partial charge in [0.15, 0.2) is 5.69 Å². The normalized spacial score (nSPS) is 16.9. The molecule has 0 spiro atoms. The summed E-state index contributed by atoms with van der Waals surface area (Å²) in [5, 5.41) is 12.1. The number of anilines is 3. The third-order valence-electron chi connectivity index (χ3n) is 5.80. The van der Waals surface area contributed by atoms with E-state index in [0.717, 1.165) is 17.7 Å². The van der Waals surface area contributed by atoms with Crippen molar-refractivity contribution < 1.29 is 40.7 Å². The van der Waals surface area contributed by atoms with E-state index in [1.54, 1.807) is 12.1 Å². The molecule has 5 rings (SSSR count). The minimum atomic E-state index is -4.63. The molecule has 40 heavy (non-hydrogen) atoms. The number of carbonyl (C=O) groups excluding carboxylic acids is 1. The Bertz CT molecular complexity index is 1600. The SMILES string of the molecule is Cc1ccc(S(=O)(=O)[O-])cc1.Nc1[nH]c(=O)c2c([nH+]1)NCC(COC(=O)c1ccc(C3(C(F)(F)F)N=N3)cc1)N2. The molecule has 3 aromatic rings. The third-order valence-corrected chi connectivity index (χ3v) is 6.65. The van der Waals surface area contributed by atoms with E-state index in [4.69, 9.17) is 10.5 Å². The lowest BCUT2D eigenvalue weighted by Gasteiger charge is -2.24.